The molecule has 2 heteroatoms. The quantitative estimate of drug-likeness (QED) is 0.497. The number of carbonyl (C=O) groups excluding carboxylic acids is 1. The van der Waals surface area contributed by atoms with Crippen molar-refractivity contribution < 1.29 is 4.79 Å². The van der Waals surface area contributed by atoms with Gasteiger partial charge in [0.25, 0.3) is 0 Å². The molecule has 0 atom stereocenters. The Morgan fingerprint density at radius 3 is 3.00 bits per heavy atom. The summed E-state index contributed by atoms with van der Waals surface area (Å²) in [4.78, 5) is 12.3. The van der Waals surface area contributed by atoms with E-state index in [2.05, 4.69) is 5.73 Å². The van der Waals surface area contributed by atoms with E-state index in [1.807, 2.05) is 23.6 Å². The second-order valence-corrected chi connectivity index (χ2v) is 3.34. The lowest BCUT2D eigenvalue weighted by Gasteiger charge is -1.91. The summed E-state index contributed by atoms with van der Waals surface area (Å²) in [5.74, 6) is 0.0648. The van der Waals surface area contributed by atoms with Crippen LogP contribution in [0.2, 0.25) is 0 Å². The maximum absolute atomic E-state index is 11.5. The molecule has 0 aliphatic heterocycles. The van der Waals surface area contributed by atoms with Crippen molar-refractivity contribution in [2.75, 3.05) is 0 Å². The third-order valence-electron chi connectivity index (χ3n) is 1.59. The molecule has 58 valence electrons. The van der Waals surface area contributed by atoms with Crippen LogP contribution < -0.4 is 0 Å². The summed E-state index contributed by atoms with van der Waals surface area (Å²) < 4.78 is 0. The Morgan fingerprint density at radius 2 is 2.42 bits per heavy atom. The Hall–Kier alpha value is -1.37. The van der Waals surface area contributed by atoms with Crippen LogP contribution in [0.15, 0.2) is 47.0 Å². The van der Waals surface area contributed by atoms with Crippen molar-refractivity contribution in [3.05, 3.63) is 51.9 Å². The topological polar surface area (TPSA) is 17.1 Å². The maximum Gasteiger partial charge on any atom is 0.210 e. The van der Waals surface area contributed by atoms with Crippen LogP contribution in [0.5, 0.6) is 0 Å². The average molecular weight is 174 g/mol. The predicted octanol–water partition coefficient (Wildman–Crippen LogP) is 2.58. The molecule has 0 saturated carbocycles. The van der Waals surface area contributed by atoms with Gasteiger partial charge >= 0.3 is 0 Å². The van der Waals surface area contributed by atoms with Crippen LogP contribution in [0.4, 0.5) is 0 Å². The number of hydrogen-bond acceptors (Lipinski definition) is 2. The summed E-state index contributed by atoms with van der Waals surface area (Å²) in [5, 5.41) is 1.90. The van der Waals surface area contributed by atoms with Gasteiger partial charge in [-0.25, -0.2) is 0 Å². The van der Waals surface area contributed by atoms with Gasteiger partial charge in [-0.2, -0.15) is 0 Å². The summed E-state index contributed by atoms with van der Waals surface area (Å²) in [6.07, 6.45) is 5.35. The highest BCUT2D eigenvalue weighted by atomic mass is 32.1. The van der Waals surface area contributed by atoms with Gasteiger partial charge in [-0.05, 0) is 23.6 Å². The molecule has 0 fully saturated rings. The molecule has 2 rings (SSSR count). The van der Waals surface area contributed by atoms with Gasteiger partial charge < -0.3 is 0 Å². The zero-order valence-corrected chi connectivity index (χ0v) is 7.10. The van der Waals surface area contributed by atoms with Crippen molar-refractivity contribution in [1.29, 1.82) is 0 Å². The van der Waals surface area contributed by atoms with Crippen molar-refractivity contribution in [1.82, 2.24) is 0 Å². The summed E-state index contributed by atoms with van der Waals surface area (Å²) in [6.45, 7) is 0. The van der Waals surface area contributed by atoms with Gasteiger partial charge in [0.1, 0.15) is 0 Å². The molecule has 0 saturated heterocycles. The molecule has 12 heavy (non-hydrogen) atoms. The summed E-state index contributed by atoms with van der Waals surface area (Å²) >= 11 is 1.46. The highest BCUT2D eigenvalue weighted by molar-refractivity contribution is 7.12. The molecule has 0 spiro atoms. The van der Waals surface area contributed by atoms with E-state index >= 15 is 0 Å². The van der Waals surface area contributed by atoms with Crippen LogP contribution in [0.1, 0.15) is 9.67 Å². The van der Waals surface area contributed by atoms with Gasteiger partial charge in [-0.3, -0.25) is 4.79 Å². The molecule has 0 aromatic carbocycles. The SMILES string of the molecule is O=C(C1=C=CC=C1)c1cccs1. The maximum atomic E-state index is 11.5. The van der Waals surface area contributed by atoms with E-state index in [4.69, 9.17) is 0 Å². The molecule has 0 amide bonds. The van der Waals surface area contributed by atoms with Gasteiger partial charge in [-0.1, -0.05) is 12.1 Å². The zero-order valence-electron chi connectivity index (χ0n) is 6.28. The Morgan fingerprint density at radius 1 is 1.50 bits per heavy atom. The summed E-state index contributed by atoms with van der Waals surface area (Å²) in [7, 11) is 0. The van der Waals surface area contributed by atoms with Gasteiger partial charge in [-0.15, -0.1) is 17.1 Å². The fraction of sp³-hybridized carbons (Fsp3) is 0. The van der Waals surface area contributed by atoms with Crippen molar-refractivity contribution in [3.8, 4) is 0 Å². The number of rotatable bonds is 2. The molecule has 0 unspecified atom stereocenters. The van der Waals surface area contributed by atoms with E-state index < -0.39 is 0 Å². The lowest BCUT2D eigenvalue weighted by molar-refractivity contribution is 0.104. The predicted molar refractivity (Wildman–Crippen MR) is 49.4 cm³/mol. The van der Waals surface area contributed by atoms with Gasteiger partial charge in [0.05, 0.1) is 10.5 Å². The van der Waals surface area contributed by atoms with Crippen LogP contribution in [-0.2, 0) is 0 Å². The van der Waals surface area contributed by atoms with Crippen molar-refractivity contribution >= 4 is 17.1 Å². The number of hydrogen-bond donors (Lipinski definition) is 0. The first-order valence-corrected chi connectivity index (χ1v) is 4.47. The number of carbonyl (C=O) groups is 1. The minimum Gasteiger partial charge on any atom is -0.287 e. The normalized spacial score (nSPS) is 13.5. The van der Waals surface area contributed by atoms with E-state index in [-0.39, 0.29) is 5.78 Å². The molecule has 1 aromatic heterocycles. The first-order chi connectivity index (χ1) is 5.88. The molecular weight excluding hydrogens is 168 g/mol. The number of allylic oxidation sites excluding steroid dienone is 3. The molecule has 0 N–H and O–H groups in total. The van der Waals surface area contributed by atoms with Crippen LogP contribution in [0, 0.1) is 0 Å². The molecule has 0 bridgehead atoms. The molecule has 1 aliphatic carbocycles. The fourth-order valence-corrected chi connectivity index (χ4v) is 1.69. The second-order valence-electron chi connectivity index (χ2n) is 2.39. The Balaban J connectivity index is 2.33. The molecule has 1 nitrogen and oxygen atoms in total. The number of ketones is 1. The first kappa shape index (κ1) is 7.29. The highest BCUT2D eigenvalue weighted by Gasteiger charge is 2.10. The van der Waals surface area contributed by atoms with Gasteiger partial charge in [0.15, 0.2) is 0 Å². The highest BCUT2D eigenvalue weighted by Crippen LogP contribution is 2.15. The molecule has 1 aliphatic rings. The van der Waals surface area contributed by atoms with Crippen LogP contribution in [-0.4, -0.2) is 5.78 Å². The van der Waals surface area contributed by atoms with E-state index in [1.165, 1.54) is 11.3 Å². The second kappa shape index (κ2) is 2.94. The van der Waals surface area contributed by atoms with Crippen molar-refractivity contribution in [3.63, 3.8) is 0 Å². The van der Waals surface area contributed by atoms with E-state index in [0.29, 0.717) is 5.57 Å². The Bertz CT molecular complexity index is 389. The third-order valence-corrected chi connectivity index (χ3v) is 2.46. The van der Waals surface area contributed by atoms with Crippen LogP contribution in [0.25, 0.3) is 0 Å². The minimum absolute atomic E-state index is 0.0648. The molecule has 1 aromatic rings. The van der Waals surface area contributed by atoms with Crippen molar-refractivity contribution in [2.45, 2.75) is 0 Å². The lowest BCUT2D eigenvalue weighted by Crippen LogP contribution is -1.95. The Labute approximate surface area is 74.3 Å². The van der Waals surface area contributed by atoms with Gasteiger partial charge in [0, 0.05) is 0 Å². The molecule has 0 radical (unpaired) electrons. The lowest BCUT2D eigenvalue weighted by atomic mass is 10.2. The Kier molecular flexibility index (Phi) is 1.78. The van der Waals surface area contributed by atoms with E-state index in [0.717, 1.165) is 4.88 Å². The largest absolute Gasteiger partial charge is 0.287 e. The average Bonchev–Trinajstić information content (AvgIpc) is 2.77. The van der Waals surface area contributed by atoms with E-state index in [1.54, 1.807) is 12.2 Å². The monoisotopic (exact) mass is 174 g/mol. The summed E-state index contributed by atoms with van der Waals surface area (Å²) in [5.41, 5.74) is 3.53. The minimum atomic E-state index is 0.0648. The van der Waals surface area contributed by atoms with Crippen LogP contribution >= 0.6 is 11.3 Å². The smallest absolute Gasteiger partial charge is 0.210 e. The zero-order chi connectivity index (χ0) is 8.39. The van der Waals surface area contributed by atoms with Crippen molar-refractivity contribution in [2.24, 2.45) is 0 Å². The van der Waals surface area contributed by atoms with Crippen LogP contribution in [0.3, 0.4) is 0 Å². The molecule has 1 heterocycles. The van der Waals surface area contributed by atoms with Gasteiger partial charge in [0.2, 0.25) is 5.78 Å². The number of Topliss-reactive ketones (excluding diaryl/α,β-unsaturated/α-hetero) is 1. The standard InChI is InChI=1S/C10H6OS/c11-10(8-4-1-2-5-8)9-6-3-7-12-9/h1-4,6-7H. The fourth-order valence-electron chi connectivity index (χ4n) is 1.01. The van der Waals surface area contributed by atoms with E-state index in [9.17, 15) is 4.79 Å². The molecular formula is C10H6OS. The number of thiophene rings is 1. The third kappa shape index (κ3) is 1.18. The first-order valence-electron chi connectivity index (χ1n) is 3.59. The summed E-state index contributed by atoms with van der Waals surface area (Å²) in [6, 6.07) is 3.70.